The van der Waals surface area contributed by atoms with E-state index in [9.17, 15) is 8.42 Å². The van der Waals surface area contributed by atoms with Gasteiger partial charge in [-0.2, -0.15) is 0 Å². The van der Waals surface area contributed by atoms with E-state index in [-0.39, 0.29) is 6.04 Å². The van der Waals surface area contributed by atoms with Crippen LogP contribution < -0.4 is 15.4 Å². The van der Waals surface area contributed by atoms with Crippen molar-refractivity contribution in [3.8, 4) is 0 Å². The number of likely N-dealkylation sites (N-methyl/N-ethyl adjacent to an activating group) is 1. The largest absolute Gasteiger partial charge is 0.369 e. The third-order valence-corrected chi connectivity index (χ3v) is 5.17. The van der Waals surface area contributed by atoms with Gasteiger partial charge in [-0.25, -0.2) is 13.1 Å². The van der Waals surface area contributed by atoms with Crippen LogP contribution in [0, 0.1) is 5.92 Å². The second-order valence-electron chi connectivity index (χ2n) is 4.93. The molecule has 0 aliphatic heterocycles. The van der Waals surface area contributed by atoms with Crippen LogP contribution in [0.1, 0.15) is 12.8 Å². The highest BCUT2D eigenvalue weighted by Gasteiger charge is 2.34. The molecule has 106 valence electrons. The Labute approximate surface area is 114 Å². The standard InChI is InChI=1S/C13H21N3O2S/c1-15-19(17,18)13-6-4-3-5-11(13)16(2)12(9-14)10-7-8-10/h3-6,10,12,15H,7-9,14H2,1-2H3. The molecule has 1 aliphatic rings. The van der Waals surface area contributed by atoms with Gasteiger partial charge in [0.05, 0.1) is 5.69 Å². The Morgan fingerprint density at radius 3 is 2.58 bits per heavy atom. The number of nitrogens with one attached hydrogen (secondary N) is 1. The summed E-state index contributed by atoms with van der Waals surface area (Å²) in [5, 5.41) is 0. The van der Waals surface area contributed by atoms with Crippen molar-refractivity contribution in [2.45, 2.75) is 23.8 Å². The lowest BCUT2D eigenvalue weighted by Crippen LogP contribution is -2.40. The fourth-order valence-corrected chi connectivity index (χ4v) is 3.38. The molecule has 0 heterocycles. The number of benzene rings is 1. The molecule has 1 aliphatic carbocycles. The molecule has 0 amide bonds. The van der Waals surface area contributed by atoms with E-state index in [1.807, 2.05) is 24.1 Å². The van der Waals surface area contributed by atoms with E-state index in [1.165, 1.54) is 19.9 Å². The Hall–Kier alpha value is -1.11. The summed E-state index contributed by atoms with van der Waals surface area (Å²) in [4.78, 5) is 2.31. The van der Waals surface area contributed by atoms with Gasteiger partial charge >= 0.3 is 0 Å². The van der Waals surface area contributed by atoms with Crippen LogP contribution in [0.15, 0.2) is 29.2 Å². The zero-order valence-electron chi connectivity index (χ0n) is 11.3. The third kappa shape index (κ3) is 2.91. The van der Waals surface area contributed by atoms with Crippen LogP contribution in [0.25, 0.3) is 0 Å². The number of anilines is 1. The van der Waals surface area contributed by atoms with Crippen molar-refractivity contribution in [2.75, 3.05) is 25.5 Å². The van der Waals surface area contributed by atoms with E-state index >= 15 is 0 Å². The number of rotatable bonds is 6. The molecular formula is C13H21N3O2S. The lowest BCUT2D eigenvalue weighted by Gasteiger charge is -2.30. The van der Waals surface area contributed by atoms with E-state index in [0.717, 1.165) is 0 Å². The molecule has 6 heteroatoms. The van der Waals surface area contributed by atoms with Gasteiger partial charge in [0.25, 0.3) is 0 Å². The first kappa shape index (κ1) is 14.3. The summed E-state index contributed by atoms with van der Waals surface area (Å²) < 4.78 is 26.5. The number of para-hydroxylation sites is 1. The van der Waals surface area contributed by atoms with Gasteiger partial charge in [0.15, 0.2) is 0 Å². The number of hydrogen-bond donors (Lipinski definition) is 2. The predicted octanol–water partition coefficient (Wildman–Crippen LogP) is 0.768. The van der Waals surface area contributed by atoms with Crippen molar-refractivity contribution in [1.29, 1.82) is 0 Å². The average molecular weight is 283 g/mol. The Morgan fingerprint density at radius 2 is 2.05 bits per heavy atom. The van der Waals surface area contributed by atoms with Gasteiger partial charge in [0.1, 0.15) is 4.90 Å². The summed E-state index contributed by atoms with van der Waals surface area (Å²) in [5.41, 5.74) is 6.54. The first-order valence-corrected chi connectivity index (χ1v) is 7.95. The van der Waals surface area contributed by atoms with Crippen LogP contribution in [-0.2, 0) is 10.0 Å². The fourth-order valence-electron chi connectivity index (χ4n) is 2.41. The normalized spacial score (nSPS) is 17.2. The summed E-state index contributed by atoms with van der Waals surface area (Å²) in [7, 11) is -0.113. The lowest BCUT2D eigenvalue weighted by molar-refractivity contribution is 0.563. The van der Waals surface area contributed by atoms with Crippen LogP contribution in [0.2, 0.25) is 0 Å². The van der Waals surface area contributed by atoms with Crippen LogP contribution >= 0.6 is 0 Å². The number of sulfonamides is 1. The minimum absolute atomic E-state index is 0.202. The molecule has 0 aromatic heterocycles. The molecule has 0 radical (unpaired) electrons. The van der Waals surface area contributed by atoms with E-state index < -0.39 is 10.0 Å². The van der Waals surface area contributed by atoms with Crippen molar-refractivity contribution in [2.24, 2.45) is 11.7 Å². The number of nitrogens with zero attached hydrogens (tertiary/aromatic N) is 1. The van der Waals surface area contributed by atoms with E-state index in [1.54, 1.807) is 12.1 Å². The lowest BCUT2D eigenvalue weighted by atomic mass is 10.1. The van der Waals surface area contributed by atoms with Crippen molar-refractivity contribution < 1.29 is 8.42 Å². The number of hydrogen-bond acceptors (Lipinski definition) is 4. The van der Waals surface area contributed by atoms with Gasteiger partial charge in [0, 0.05) is 19.6 Å². The topological polar surface area (TPSA) is 75.4 Å². The first-order valence-electron chi connectivity index (χ1n) is 6.46. The molecule has 1 aromatic carbocycles. The summed E-state index contributed by atoms with van der Waals surface area (Å²) >= 11 is 0. The smallest absolute Gasteiger partial charge is 0.242 e. The molecule has 19 heavy (non-hydrogen) atoms. The van der Waals surface area contributed by atoms with Crippen molar-refractivity contribution in [3.05, 3.63) is 24.3 Å². The van der Waals surface area contributed by atoms with Gasteiger partial charge < -0.3 is 10.6 Å². The summed E-state index contributed by atoms with van der Waals surface area (Å²) in [5.74, 6) is 0.584. The van der Waals surface area contributed by atoms with Crippen molar-refractivity contribution in [3.63, 3.8) is 0 Å². The predicted molar refractivity (Wildman–Crippen MR) is 76.7 cm³/mol. The maximum atomic E-state index is 12.1. The SMILES string of the molecule is CNS(=O)(=O)c1ccccc1N(C)C(CN)C1CC1. The van der Waals surface area contributed by atoms with Crippen LogP contribution in [0.3, 0.4) is 0 Å². The highest BCUT2D eigenvalue weighted by atomic mass is 32.2. The highest BCUT2D eigenvalue weighted by Crippen LogP contribution is 2.37. The molecule has 1 fully saturated rings. The quantitative estimate of drug-likeness (QED) is 0.808. The molecular weight excluding hydrogens is 262 g/mol. The van der Waals surface area contributed by atoms with Gasteiger partial charge in [-0.3, -0.25) is 0 Å². The van der Waals surface area contributed by atoms with Gasteiger partial charge in [-0.1, -0.05) is 12.1 Å². The van der Waals surface area contributed by atoms with E-state index in [2.05, 4.69) is 4.72 Å². The third-order valence-electron chi connectivity index (χ3n) is 3.71. The molecule has 1 saturated carbocycles. The monoisotopic (exact) mass is 283 g/mol. The van der Waals surface area contributed by atoms with Crippen molar-refractivity contribution in [1.82, 2.24) is 4.72 Å². The summed E-state index contributed by atoms with van der Waals surface area (Å²) in [6, 6.07) is 7.23. The molecule has 1 aromatic rings. The Kier molecular flexibility index (Phi) is 4.13. The summed E-state index contributed by atoms with van der Waals surface area (Å²) in [6.45, 7) is 0.537. The second kappa shape index (κ2) is 5.48. The zero-order chi connectivity index (χ0) is 14.0. The van der Waals surface area contributed by atoms with Crippen molar-refractivity contribution >= 4 is 15.7 Å². The van der Waals surface area contributed by atoms with Crippen LogP contribution in [-0.4, -0.2) is 35.1 Å². The van der Waals surface area contributed by atoms with Gasteiger partial charge in [-0.15, -0.1) is 0 Å². The van der Waals surface area contributed by atoms with Crippen LogP contribution in [0.5, 0.6) is 0 Å². The number of nitrogens with two attached hydrogens (primary N) is 1. The van der Waals surface area contributed by atoms with Gasteiger partial charge in [0.2, 0.25) is 10.0 Å². The first-order chi connectivity index (χ1) is 9.01. The average Bonchev–Trinajstić information content (AvgIpc) is 3.24. The molecule has 3 N–H and O–H groups in total. The van der Waals surface area contributed by atoms with Gasteiger partial charge in [-0.05, 0) is 37.9 Å². The maximum Gasteiger partial charge on any atom is 0.242 e. The van der Waals surface area contributed by atoms with E-state index in [0.29, 0.717) is 23.0 Å². The minimum Gasteiger partial charge on any atom is -0.369 e. The Bertz CT molecular complexity index is 541. The van der Waals surface area contributed by atoms with Crippen LogP contribution in [0.4, 0.5) is 5.69 Å². The minimum atomic E-state index is -3.45. The highest BCUT2D eigenvalue weighted by molar-refractivity contribution is 7.89. The Balaban J connectivity index is 2.39. The zero-order valence-corrected chi connectivity index (χ0v) is 12.2. The molecule has 0 bridgehead atoms. The summed E-state index contributed by atoms with van der Waals surface area (Å²) in [6.07, 6.45) is 2.35. The Morgan fingerprint density at radius 1 is 1.42 bits per heavy atom. The second-order valence-corrected chi connectivity index (χ2v) is 6.78. The molecule has 1 atom stereocenters. The molecule has 2 rings (SSSR count). The van der Waals surface area contributed by atoms with E-state index in [4.69, 9.17) is 5.73 Å². The fraction of sp³-hybridized carbons (Fsp3) is 0.538. The molecule has 5 nitrogen and oxygen atoms in total. The molecule has 0 saturated heterocycles. The molecule has 1 unspecified atom stereocenters. The molecule has 0 spiro atoms. The maximum absolute atomic E-state index is 12.1.